The summed E-state index contributed by atoms with van der Waals surface area (Å²) >= 11 is 1.33. The van der Waals surface area contributed by atoms with Crippen LogP contribution in [0.4, 0.5) is 0 Å². The SMILES string of the molecule is C=CCOSCC(=C)OCC. The second kappa shape index (κ2) is 7.69. The highest BCUT2D eigenvalue weighted by atomic mass is 32.2. The standard InChI is InChI=1S/C8H14O2S/c1-4-6-10-11-7-8(3)9-5-2/h4H,1,3,5-7H2,2H3. The van der Waals surface area contributed by atoms with Gasteiger partial charge in [-0.2, -0.15) is 0 Å². The van der Waals surface area contributed by atoms with Gasteiger partial charge in [0.05, 0.1) is 19.0 Å². The minimum absolute atomic E-state index is 0.560. The molecule has 0 atom stereocenters. The number of hydrogen-bond donors (Lipinski definition) is 0. The van der Waals surface area contributed by atoms with Gasteiger partial charge in [-0.05, 0) is 19.0 Å². The summed E-state index contributed by atoms with van der Waals surface area (Å²) in [4.78, 5) is 0. The fraction of sp³-hybridized carbons (Fsp3) is 0.500. The van der Waals surface area contributed by atoms with Gasteiger partial charge in [0.1, 0.15) is 5.76 Å². The van der Waals surface area contributed by atoms with Crippen LogP contribution >= 0.6 is 12.0 Å². The first-order valence-corrected chi connectivity index (χ1v) is 4.38. The Kier molecular flexibility index (Phi) is 7.41. The minimum atomic E-state index is 0.560. The maximum atomic E-state index is 5.10. The lowest BCUT2D eigenvalue weighted by Crippen LogP contribution is -1.93. The Morgan fingerprint density at radius 3 is 2.91 bits per heavy atom. The molecule has 0 aliphatic heterocycles. The van der Waals surface area contributed by atoms with Crippen LogP contribution in [0.3, 0.4) is 0 Å². The molecule has 0 radical (unpaired) electrons. The van der Waals surface area contributed by atoms with E-state index in [2.05, 4.69) is 13.2 Å². The lowest BCUT2D eigenvalue weighted by Gasteiger charge is -2.04. The van der Waals surface area contributed by atoms with Crippen LogP contribution < -0.4 is 0 Å². The van der Waals surface area contributed by atoms with Gasteiger partial charge in [0.15, 0.2) is 0 Å². The third-order valence-corrected chi connectivity index (χ3v) is 1.58. The minimum Gasteiger partial charge on any atom is -0.498 e. The zero-order valence-electron chi connectivity index (χ0n) is 6.84. The second-order valence-electron chi connectivity index (χ2n) is 1.81. The molecule has 2 nitrogen and oxygen atoms in total. The van der Waals surface area contributed by atoms with E-state index in [9.17, 15) is 0 Å². The summed E-state index contributed by atoms with van der Waals surface area (Å²) in [6, 6.07) is 0. The third kappa shape index (κ3) is 7.49. The Labute approximate surface area is 72.5 Å². The van der Waals surface area contributed by atoms with Crippen molar-refractivity contribution in [2.75, 3.05) is 19.0 Å². The fourth-order valence-corrected chi connectivity index (χ4v) is 0.940. The molecule has 3 heteroatoms. The van der Waals surface area contributed by atoms with Crippen LogP contribution in [0.5, 0.6) is 0 Å². The topological polar surface area (TPSA) is 18.5 Å². The molecule has 0 aromatic carbocycles. The number of rotatable bonds is 7. The molecule has 0 aromatic rings. The first kappa shape index (κ1) is 10.6. The Hall–Kier alpha value is -0.410. The van der Waals surface area contributed by atoms with Crippen molar-refractivity contribution in [1.29, 1.82) is 0 Å². The molecule has 0 aromatic heterocycles. The van der Waals surface area contributed by atoms with E-state index in [-0.39, 0.29) is 0 Å². The summed E-state index contributed by atoms with van der Waals surface area (Å²) in [5.41, 5.74) is 0. The summed E-state index contributed by atoms with van der Waals surface area (Å²) < 4.78 is 10.2. The first-order valence-electron chi connectivity index (χ1n) is 3.47. The second-order valence-corrected chi connectivity index (χ2v) is 2.57. The monoisotopic (exact) mass is 174 g/mol. The van der Waals surface area contributed by atoms with Crippen molar-refractivity contribution in [3.8, 4) is 0 Å². The van der Waals surface area contributed by atoms with E-state index in [1.165, 1.54) is 12.0 Å². The van der Waals surface area contributed by atoms with Gasteiger partial charge in [-0.1, -0.05) is 12.7 Å². The van der Waals surface area contributed by atoms with E-state index in [1.807, 2.05) is 6.92 Å². The molecular weight excluding hydrogens is 160 g/mol. The molecule has 11 heavy (non-hydrogen) atoms. The van der Waals surface area contributed by atoms with Gasteiger partial charge in [-0.25, -0.2) is 0 Å². The van der Waals surface area contributed by atoms with Gasteiger partial charge in [0.25, 0.3) is 0 Å². The molecule has 0 N–H and O–H groups in total. The van der Waals surface area contributed by atoms with E-state index < -0.39 is 0 Å². The van der Waals surface area contributed by atoms with Crippen molar-refractivity contribution < 1.29 is 8.92 Å². The highest BCUT2D eigenvalue weighted by Crippen LogP contribution is 2.08. The molecule has 0 unspecified atom stereocenters. The van der Waals surface area contributed by atoms with Crippen molar-refractivity contribution in [2.24, 2.45) is 0 Å². The molecule has 0 saturated heterocycles. The summed E-state index contributed by atoms with van der Waals surface area (Å²) in [6.07, 6.45) is 1.70. The van der Waals surface area contributed by atoms with Gasteiger partial charge < -0.3 is 8.92 Å². The Bertz CT molecular complexity index is 123. The summed E-state index contributed by atoms with van der Waals surface area (Å²) in [5.74, 6) is 1.43. The van der Waals surface area contributed by atoms with Gasteiger partial charge in [0.2, 0.25) is 0 Å². The fourth-order valence-electron chi connectivity index (χ4n) is 0.449. The predicted octanol–water partition coefficient (Wildman–Crippen LogP) is 2.39. The lowest BCUT2D eigenvalue weighted by atomic mass is 10.6. The molecule has 0 saturated carbocycles. The van der Waals surface area contributed by atoms with Crippen LogP contribution in [-0.2, 0) is 8.92 Å². The largest absolute Gasteiger partial charge is 0.498 e. The van der Waals surface area contributed by atoms with E-state index in [4.69, 9.17) is 8.92 Å². The van der Waals surface area contributed by atoms with Crippen molar-refractivity contribution in [3.05, 3.63) is 25.0 Å². The van der Waals surface area contributed by atoms with Crippen LogP contribution in [0, 0.1) is 0 Å². The summed E-state index contributed by atoms with van der Waals surface area (Å²) in [5, 5.41) is 0. The molecule has 0 bridgehead atoms. The molecule has 0 aliphatic rings. The summed E-state index contributed by atoms with van der Waals surface area (Å²) in [6.45, 7) is 10.4. The first-order chi connectivity index (χ1) is 5.31. The average Bonchev–Trinajstić information content (AvgIpc) is 1.99. The molecule has 0 rings (SSSR count). The van der Waals surface area contributed by atoms with Crippen molar-refractivity contribution >= 4 is 12.0 Å². The van der Waals surface area contributed by atoms with Crippen molar-refractivity contribution in [3.63, 3.8) is 0 Å². The van der Waals surface area contributed by atoms with E-state index in [1.54, 1.807) is 6.08 Å². The van der Waals surface area contributed by atoms with Gasteiger partial charge in [-0.15, -0.1) is 6.58 Å². The third-order valence-electron chi connectivity index (χ3n) is 0.838. The maximum Gasteiger partial charge on any atom is 0.101 e. The van der Waals surface area contributed by atoms with Crippen LogP contribution in [0.15, 0.2) is 25.0 Å². The highest BCUT2D eigenvalue weighted by Gasteiger charge is 1.93. The number of hydrogen-bond acceptors (Lipinski definition) is 3. The molecule has 0 heterocycles. The maximum absolute atomic E-state index is 5.10. The van der Waals surface area contributed by atoms with Gasteiger partial charge in [-0.3, -0.25) is 0 Å². The quantitative estimate of drug-likeness (QED) is 0.255. The normalized spacial score (nSPS) is 9.18. The zero-order valence-corrected chi connectivity index (χ0v) is 7.65. The van der Waals surface area contributed by atoms with Crippen LogP contribution in [-0.4, -0.2) is 19.0 Å². The average molecular weight is 174 g/mol. The predicted molar refractivity (Wildman–Crippen MR) is 49.4 cm³/mol. The number of ether oxygens (including phenoxy) is 1. The van der Waals surface area contributed by atoms with Gasteiger partial charge >= 0.3 is 0 Å². The van der Waals surface area contributed by atoms with Crippen LogP contribution in [0.1, 0.15) is 6.92 Å². The van der Waals surface area contributed by atoms with E-state index in [0.29, 0.717) is 19.0 Å². The molecule has 64 valence electrons. The van der Waals surface area contributed by atoms with Gasteiger partial charge in [0, 0.05) is 0 Å². The Balaban J connectivity index is 3.10. The molecule has 0 aliphatic carbocycles. The molecular formula is C8H14O2S. The van der Waals surface area contributed by atoms with Crippen molar-refractivity contribution in [2.45, 2.75) is 6.92 Å². The molecule has 0 fully saturated rings. The van der Waals surface area contributed by atoms with Crippen LogP contribution in [0.25, 0.3) is 0 Å². The highest BCUT2D eigenvalue weighted by molar-refractivity contribution is 7.94. The molecule has 0 amide bonds. The van der Waals surface area contributed by atoms with Crippen LogP contribution in [0.2, 0.25) is 0 Å². The smallest absolute Gasteiger partial charge is 0.101 e. The lowest BCUT2D eigenvalue weighted by molar-refractivity contribution is 0.234. The zero-order chi connectivity index (χ0) is 8.53. The van der Waals surface area contributed by atoms with E-state index in [0.717, 1.165) is 5.76 Å². The Morgan fingerprint density at radius 1 is 1.64 bits per heavy atom. The summed E-state index contributed by atoms with van der Waals surface area (Å²) in [7, 11) is 0. The molecule has 0 spiro atoms. The van der Waals surface area contributed by atoms with Crippen molar-refractivity contribution in [1.82, 2.24) is 0 Å². The Morgan fingerprint density at radius 2 is 2.36 bits per heavy atom. The van der Waals surface area contributed by atoms with E-state index >= 15 is 0 Å².